The summed E-state index contributed by atoms with van der Waals surface area (Å²) in [5, 5.41) is 0. The van der Waals surface area contributed by atoms with Gasteiger partial charge in [0, 0.05) is 0 Å². The van der Waals surface area contributed by atoms with E-state index in [0.717, 1.165) is 29.8 Å². The fourth-order valence-electron chi connectivity index (χ4n) is 2.17. The molecule has 2 aromatic carbocycles. The summed E-state index contributed by atoms with van der Waals surface area (Å²) in [4.78, 5) is 4.71. The minimum atomic E-state index is 0.819. The second kappa shape index (κ2) is 7.35. The Labute approximate surface area is 131 Å². The van der Waals surface area contributed by atoms with Gasteiger partial charge in [-0.2, -0.15) is 0 Å². The molecule has 0 aliphatic heterocycles. The molecular weight excluding hydrogens is 335 g/mol. The van der Waals surface area contributed by atoms with Crippen molar-refractivity contribution in [3.05, 3.63) is 59.2 Å². The van der Waals surface area contributed by atoms with Crippen molar-refractivity contribution >= 4 is 11.9 Å². The van der Waals surface area contributed by atoms with Crippen LogP contribution in [0.2, 0.25) is 0 Å². The molecule has 0 aliphatic carbocycles. The first-order valence-corrected chi connectivity index (χ1v) is 7.52. The molecule has 2 aromatic rings. The van der Waals surface area contributed by atoms with E-state index in [0.29, 0.717) is 0 Å². The predicted molar refractivity (Wildman–Crippen MR) is 79.5 cm³/mol. The van der Waals surface area contributed by atoms with Crippen LogP contribution >= 0.6 is 0 Å². The first-order valence-electron chi connectivity index (χ1n) is 6.81. The van der Waals surface area contributed by atoms with Crippen LogP contribution in [-0.2, 0) is 31.5 Å². The summed E-state index contributed by atoms with van der Waals surface area (Å²) >= 11 is 2.19. The van der Waals surface area contributed by atoms with Crippen LogP contribution in [-0.4, -0.2) is 6.21 Å². The van der Waals surface area contributed by atoms with Crippen LogP contribution in [0.4, 0.5) is 5.69 Å². The summed E-state index contributed by atoms with van der Waals surface area (Å²) in [7, 11) is 0. The van der Waals surface area contributed by atoms with E-state index in [1.807, 2.05) is 30.5 Å². The van der Waals surface area contributed by atoms with Gasteiger partial charge in [-0.3, -0.25) is 0 Å². The Kier molecular flexibility index (Phi) is 5.49. The SMILES string of the molecule is CCc1cccc(CC)c1N=Cc1ccccc1[O][Ru]. The standard InChI is InChI=1S/C17H19NO.Ru/c1-3-13-9-7-10-14(4-2)17(13)18-12-15-8-5-6-11-16(15)19;/h5-12,19H,3-4H2,1-2H3;/q;+1/p-1. The zero-order valence-corrected chi connectivity index (χ0v) is 13.5. The third kappa shape index (κ3) is 3.35. The van der Waals surface area contributed by atoms with E-state index in [4.69, 9.17) is 8.56 Å². The van der Waals surface area contributed by atoms with Gasteiger partial charge in [-0.15, -0.1) is 0 Å². The predicted octanol–water partition coefficient (Wildman–Crippen LogP) is 4.40. The molecule has 0 aliphatic rings. The average Bonchev–Trinajstić information content (AvgIpc) is 2.52. The molecule has 0 saturated carbocycles. The summed E-state index contributed by atoms with van der Waals surface area (Å²) in [5.74, 6) is 0.819. The van der Waals surface area contributed by atoms with E-state index in [1.54, 1.807) is 0 Å². The van der Waals surface area contributed by atoms with Crippen LogP contribution < -0.4 is 3.56 Å². The summed E-state index contributed by atoms with van der Waals surface area (Å²) in [5.41, 5.74) is 4.65. The molecule has 2 nitrogen and oxygen atoms in total. The van der Waals surface area contributed by atoms with E-state index in [-0.39, 0.29) is 0 Å². The van der Waals surface area contributed by atoms with Crippen molar-refractivity contribution in [1.29, 1.82) is 0 Å². The van der Waals surface area contributed by atoms with Gasteiger partial charge in [0.1, 0.15) is 0 Å². The Morgan fingerprint density at radius 2 is 1.65 bits per heavy atom. The van der Waals surface area contributed by atoms with Crippen LogP contribution in [0.15, 0.2) is 47.5 Å². The average molecular weight is 353 g/mol. The minimum absolute atomic E-state index is 0.819. The number of nitrogens with zero attached hydrogens (tertiary/aromatic N) is 1. The van der Waals surface area contributed by atoms with Gasteiger partial charge < -0.3 is 0 Å². The molecule has 0 heterocycles. The van der Waals surface area contributed by atoms with Crippen LogP contribution in [0.1, 0.15) is 30.5 Å². The molecule has 0 unspecified atom stereocenters. The van der Waals surface area contributed by atoms with Crippen molar-refractivity contribution in [1.82, 2.24) is 0 Å². The van der Waals surface area contributed by atoms with Gasteiger partial charge in [0.05, 0.1) is 0 Å². The number of benzene rings is 2. The number of aryl methyl sites for hydroxylation is 2. The molecular formula is C17H18NORu. The maximum atomic E-state index is 5.29. The van der Waals surface area contributed by atoms with Crippen LogP contribution in [0.25, 0.3) is 0 Å². The number of hydrogen-bond donors (Lipinski definition) is 0. The summed E-state index contributed by atoms with van der Waals surface area (Å²) in [6.45, 7) is 4.32. The summed E-state index contributed by atoms with van der Waals surface area (Å²) in [6.07, 6.45) is 3.86. The third-order valence-corrected chi connectivity index (χ3v) is 3.68. The molecule has 0 bridgehead atoms. The van der Waals surface area contributed by atoms with Crippen molar-refractivity contribution < 1.29 is 22.2 Å². The fraction of sp³-hybridized carbons (Fsp3) is 0.235. The third-order valence-electron chi connectivity index (χ3n) is 3.29. The Balaban J connectivity index is 2.40. The Bertz CT molecular complexity index is 585. The van der Waals surface area contributed by atoms with Gasteiger partial charge >= 0.3 is 131 Å². The van der Waals surface area contributed by atoms with E-state index in [1.165, 1.54) is 11.1 Å². The molecule has 0 aromatic heterocycles. The van der Waals surface area contributed by atoms with Crippen molar-refractivity contribution in [2.45, 2.75) is 26.7 Å². The van der Waals surface area contributed by atoms with Gasteiger partial charge in [0.15, 0.2) is 0 Å². The Hall–Kier alpha value is -1.47. The molecule has 0 atom stereocenters. The second-order valence-electron chi connectivity index (χ2n) is 4.50. The topological polar surface area (TPSA) is 21.6 Å². The Morgan fingerprint density at radius 3 is 2.25 bits per heavy atom. The maximum absolute atomic E-state index is 5.29. The second-order valence-corrected chi connectivity index (χ2v) is 4.85. The van der Waals surface area contributed by atoms with Crippen LogP contribution in [0.5, 0.6) is 5.75 Å². The molecule has 0 amide bonds. The van der Waals surface area contributed by atoms with Gasteiger partial charge in [-0.1, -0.05) is 0 Å². The molecule has 20 heavy (non-hydrogen) atoms. The first-order chi connectivity index (χ1) is 9.80. The Morgan fingerprint density at radius 1 is 1.00 bits per heavy atom. The molecule has 2 rings (SSSR count). The quantitative estimate of drug-likeness (QED) is 0.577. The molecule has 0 fully saturated rings. The van der Waals surface area contributed by atoms with E-state index >= 15 is 0 Å². The fourth-order valence-corrected chi connectivity index (χ4v) is 2.49. The van der Waals surface area contributed by atoms with Gasteiger partial charge in [0.25, 0.3) is 0 Å². The molecule has 3 heteroatoms. The van der Waals surface area contributed by atoms with E-state index < -0.39 is 0 Å². The number of para-hydroxylation sites is 2. The zero-order valence-electron chi connectivity index (χ0n) is 11.7. The summed E-state index contributed by atoms with van der Waals surface area (Å²) in [6, 6.07) is 14.3. The van der Waals surface area contributed by atoms with Crippen molar-refractivity contribution in [3.8, 4) is 5.75 Å². The van der Waals surface area contributed by atoms with E-state index in [9.17, 15) is 0 Å². The van der Waals surface area contributed by atoms with Gasteiger partial charge in [-0.25, -0.2) is 0 Å². The van der Waals surface area contributed by atoms with Crippen molar-refractivity contribution in [2.24, 2.45) is 4.99 Å². The molecule has 0 radical (unpaired) electrons. The molecule has 0 saturated heterocycles. The number of rotatable bonds is 5. The number of hydrogen-bond acceptors (Lipinski definition) is 2. The van der Waals surface area contributed by atoms with Crippen molar-refractivity contribution in [2.75, 3.05) is 0 Å². The number of aliphatic imine (C=N–C) groups is 1. The van der Waals surface area contributed by atoms with Crippen LogP contribution in [0.3, 0.4) is 0 Å². The van der Waals surface area contributed by atoms with Gasteiger partial charge in [0.2, 0.25) is 0 Å². The monoisotopic (exact) mass is 354 g/mol. The van der Waals surface area contributed by atoms with Crippen molar-refractivity contribution in [3.63, 3.8) is 0 Å². The molecule has 105 valence electrons. The first kappa shape index (κ1) is 14.9. The van der Waals surface area contributed by atoms with E-state index in [2.05, 4.69) is 50.7 Å². The molecule has 0 N–H and O–H groups in total. The molecule has 0 spiro atoms. The summed E-state index contributed by atoms with van der Waals surface area (Å²) < 4.78 is 5.29. The van der Waals surface area contributed by atoms with Gasteiger partial charge in [-0.05, 0) is 0 Å². The zero-order chi connectivity index (χ0) is 14.4. The normalized spacial score (nSPS) is 10.9. The van der Waals surface area contributed by atoms with Crippen LogP contribution in [0, 0.1) is 0 Å².